The minimum absolute atomic E-state index is 0.159. The van der Waals surface area contributed by atoms with Gasteiger partial charge in [0.2, 0.25) is 0 Å². The molecule has 2 unspecified atom stereocenters. The largest absolute Gasteiger partial charge is 0.394 e. The fourth-order valence-corrected chi connectivity index (χ4v) is 2.57. The average molecular weight is 332 g/mol. The molecule has 2 rings (SSSR count). The van der Waals surface area contributed by atoms with Gasteiger partial charge in [-0.25, -0.2) is 0 Å². The third kappa shape index (κ3) is 3.45. The SMILES string of the molecule is COCCOC1C(O)[C@H](CO)O[C@@H]1n1cc(C)c(=O)[nH]c1=S. The van der Waals surface area contributed by atoms with E-state index in [1.54, 1.807) is 20.2 Å². The number of ether oxygens (including phenoxy) is 3. The fraction of sp³-hybridized carbons (Fsp3) is 0.692. The molecule has 0 radical (unpaired) electrons. The predicted molar refractivity (Wildman–Crippen MR) is 79.2 cm³/mol. The highest BCUT2D eigenvalue weighted by molar-refractivity contribution is 7.71. The van der Waals surface area contributed by atoms with Crippen LogP contribution in [0.3, 0.4) is 0 Å². The van der Waals surface area contributed by atoms with Gasteiger partial charge in [0.25, 0.3) is 5.56 Å². The molecule has 0 aromatic carbocycles. The number of methoxy groups -OCH3 is 1. The molecule has 0 spiro atoms. The van der Waals surface area contributed by atoms with E-state index in [0.717, 1.165) is 0 Å². The Morgan fingerprint density at radius 2 is 2.23 bits per heavy atom. The number of aromatic amines is 1. The Bertz CT molecular complexity index is 615. The van der Waals surface area contributed by atoms with Crippen molar-refractivity contribution < 1.29 is 24.4 Å². The number of aromatic nitrogens is 2. The summed E-state index contributed by atoms with van der Waals surface area (Å²) in [5.41, 5.74) is 0.171. The van der Waals surface area contributed by atoms with Gasteiger partial charge in [0, 0.05) is 18.9 Å². The zero-order valence-corrected chi connectivity index (χ0v) is 13.2. The van der Waals surface area contributed by atoms with E-state index in [0.29, 0.717) is 12.2 Å². The van der Waals surface area contributed by atoms with Gasteiger partial charge in [-0.15, -0.1) is 0 Å². The van der Waals surface area contributed by atoms with Crippen LogP contribution in [0.2, 0.25) is 0 Å². The van der Waals surface area contributed by atoms with Gasteiger partial charge in [0.15, 0.2) is 11.0 Å². The number of nitrogens with one attached hydrogen (secondary N) is 1. The van der Waals surface area contributed by atoms with E-state index in [1.165, 1.54) is 4.57 Å². The molecule has 0 bridgehead atoms. The van der Waals surface area contributed by atoms with Crippen LogP contribution < -0.4 is 5.56 Å². The van der Waals surface area contributed by atoms with Crippen molar-refractivity contribution in [2.45, 2.75) is 31.5 Å². The van der Waals surface area contributed by atoms with Crippen LogP contribution in [0.1, 0.15) is 11.8 Å². The Hall–Kier alpha value is -1.10. The number of nitrogens with zero attached hydrogens (tertiary/aromatic N) is 1. The first-order valence-electron chi connectivity index (χ1n) is 6.86. The minimum atomic E-state index is -1.01. The van der Waals surface area contributed by atoms with Gasteiger partial charge in [0.05, 0.1) is 19.8 Å². The number of hydrogen-bond donors (Lipinski definition) is 3. The topological polar surface area (TPSA) is 106 Å². The second-order valence-corrected chi connectivity index (χ2v) is 5.43. The van der Waals surface area contributed by atoms with Crippen LogP contribution >= 0.6 is 12.2 Å². The smallest absolute Gasteiger partial charge is 0.254 e. The van der Waals surface area contributed by atoms with Gasteiger partial charge < -0.3 is 24.4 Å². The van der Waals surface area contributed by atoms with Crippen LogP contribution in [0.4, 0.5) is 0 Å². The highest BCUT2D eigenvalue weighted by Crippen LogP contribution is 2.31. The first-order valence-corrected chi connectivity index (χ1v) is 7.27. The predicted octanol–water partition coefficient (Wildman–Crippen LogP) is -0.503. The third-order valence-corrected chi connectivity index (χ3v) is 3.82. The summed E-state index contributed by atoms with van der Waals surface area (Å²) in [7, 11) is 1.54. The van der Waals surface area contributed by atoms with Crippen LogP contribution in [0.15, 0.2) is 11.0 Å². The lowest BCUT2D eigenvalue weighted by molar-refractivity contribution is -0.0812. The van der Waals surface area contributed by atoms with Gasteiger partial charge in [-0.05, 0) is 19.1 Å². The lowest BCUT2D eigenvalue weighted by Crippen LogP contribution is -2.36. The lowest BCUT2D eigenvalue weighted by atomic mass is 10.1. The molecule has 1 aliphatic heterocycles. The van der Waals surface area contributed by atoms with E-state index >= 15 is 0 Å². The number of hydrogen-bond acceptors (Lipinski definition) is 7. The molecule has 1 aliphatic rings. The van der Waals surface area contributed by atoms with Gasteiger partial charge >= 0.3 is 0 Å². The molecule has 0 saturated carbocycles. The molecule has 22 heavy (non-hydrogen) atoms. The summed E-state index contributed by atoms with van der Waals surface area (Å²) in [6.07, 6.45) is -1.73. The minimum Gasteiger partial charge on any atom is -0.394 e. The Labute approximate surface area is 132 Å². The molecular formula is C13H20N2O6S. The molecule has 2 heterocycles. The first-order chi connectivity index (χ1) is 10.5. The van der Waals surface area contributed by atoms with Crippen molar-refractivity contribution in [2.24, 2.45) is 0 Å². The Morgan fingerprint density at radius 1 is 1.50 bits per heavy atom. The quantitative estimate of drug-likeness (QED) is 0.476. The standard InChI is InChI=1S/C13H20N2O6S/c1-7-5-15(13(22)14-11(7)18)12-10(20-4-3-19-2)9(17)8(6-16)21-12/h5,8-10,12,16-17H,3-4,6H2,1-2H3,(H,14,18,22)/t8-,9?,10?,12-/m0/s1. The average Bonchev–Trinajstić information content (AvgIpc) is 2.80. The van der Waals surface area contributed by atoms with Crippen molar-refractivity contribution in [3.05, 3.63) is 26.9 Å². The van der Waals surface area contributed by atoms with Gasteiger partial charge in [-0.3, -0.25) is 14.3 Å². The summed E-state index contributed by atoms with van der Waals surface area (Å²) in [5, 5.41) is 19.5. The number of aliphatic hydroxyl groups excluding tert-OH is 2. The first kappa shape index (κ1) is 17.3. The maximum Gasteiger partial charge on any atom is 0.254 e. The summed E-state index contributed by atoms with van der Waals surface area (Å²) >= 11 is 5.14. The van der Waals surface area contributed by atoms with Crippen molar-refractivity contribution in [2.75, 3.05) is 26.9 Å². The number of aryl methyl sites for hydroxylation is 1. The Kier molecular flexibility index (Phi) is 5.84. The molecule has 3 N–H and O–H groups in total. The van der Waals surface area contributed by atoms with Crippen molar-refractivity contribution in [1.29, 1.82) is 0 Å². The summed E-state index contributed by atoms with van der Waals surface area (Å²) in [6.45, 7) is 1.90. The number of H-pyrrole nitrogens is 1. The van der Waals surface area contributed by atoms with Crippen LogP contribution in [-0.4, -0.2) is 65.0 Å². The second-order valence-electron chi connectivity index (χ2n) is 5.05. The zero-order chi connectivity index (χ0) is 16.3. The Morgan fingerprint density at radius 3 is 2.86 bits per heavy atom. The number of rotatable bonds is 6. The van der Waals surface area contributed by atoms with Crippen molar-refractivity contribution in [3.63, 3.8) is 0 Å². The highest BCUT2D eigenvalue weighted by Gasteiger charge is 2.45. The van der Waals surface area contributed by atoms with Gasteiger partial charge in [0.1, 0.15) is 18.3 Å². The molecule has 8 nitrogen and oxygen atoms in total. The van der Waals surface area contributed by atoms with E-state index < -0.39 is 24.5 Å². The van der Waals surface area contributed by atoms with E-state index in [2.05, 4.69) is 4.98 Å². The summed E-state index contributed by atoms with van der Waals surface area (Å²) in [4.78, 5) is 14.1. The molecule has 1 saturated heterocycles. The van der Waals surface area contributed by atoms with E-state index in [4.69, 9.17) is 26.4 Å². The highest BCUT2D eigenvalue weighted by atomic mass is 32.1. The summed E-state index contributed by atoms with van der Waals surface area (Å²) in [6, 6.07) is 0. The van der Waals surface area contributed by atoms with Gasteiger partial charge in [-0.2, -0.15) is 0 Å². The Balaban J connectivity index is 2.31. The monoisotopic (exact) mass is 332 g/mol. The molecule has 0 aliphatic carbocycles. The van der Waals surface area contributed by atoms with Crippen molar-refractivity contribution in [1.82, 2.24) is 9.55 Å². The van der Waals surface area contributed by atoms with Crippen molar-refractivity contribution >= 4 is 12.2 Å². The molecule has 9 heteroatoms. The maximum atomic E-state index is 11.6. The summed E-state index contributed by atoms with van der Waals surface area (Å²) in [5.74, 6) is 0. The number of aliphatic hydroxyl groups is 2. The van der Waals surface area contributed by atoms with E-state index in [9.17, 15) is 15.0 Å². The molecule has 1 aromatic rings. The lowest BCUT2D eigenvalue weighted by Gasteiger charge is -2.23. The normalized spacial score (nSPS) is 28.2. The van der Waals surface area contributed by atoms with Crippen LogP contribution in [0, 0.1) is 11.7 Å². The third-order valence-electron chi connectivity index (χ3n) is 3.51. The van der Waals surface area contributed by atoms with Crippen LogP contribution in [0.5, 0.6) is 0 Å². The maximum absolute atomic E-state index is 11.6. The molecule has 4 atom stereocenters. The summed E-state index contributed by atoms with van der Waals surface area (Å²) < 4.78 is 17.8. The molecule has 1 aromatic heterocycles. The molecule has 0 amide bonds. The van der Waals surface area contributed by atoms with Crippen molar-refractivity contribution in [3.8, 4) is 0 Å². The van der Waals surface area contributed by atoms with Crippen LogP contribution in [-0.2, 0) is 14.2 Å². The van der Waals surface area contributed by atoms with Gasteiger partial charge in [-0.1, -0.05) is 0 Å². The van der Waals surface area contributed by atoms with E-state index in [-0.39, 0.29) is 23.5 Å². The van der Waals surface area contributed by atoms with Crippen LogP contribution in [0.25, 0.3) is 0 Å². The molecular weight excluding hydrogens is 312 g/mol. The molecule has 1 fully saturated rings. The fourth-order valence-electron chi connectivity index (χ4n) is 2.32. The zero-order valence-electron chi connectivity index (χ0n) is 12.4. The van der Waals surface area contributed by atoms with E-state index in [1.807, 2.05) is 0 Å². The molecule has 124 valence electrons. The second kappa shape index (κ2) is 7.44.